The van der Waals surface area contributed by atoms with Gasteiger partial charge in [-0.1, -0.05) is 24.6 Å². The molecule has 1 N–H and O–H groups in total. The van der Waals surface area contributed by atoms with E-state index in [0.29, 0.717) is 19.5 Å². The topological polar surface area (TPSA) is 69.7 Å². The number of nitrogens with one attached hydrogen (secondary N) is 1. The highest BCUT2D eigenvalue weighted by Gasteiger charge is 2.36. The van der Waals surface area contributed by atoms with Crippen LogP contribution in [-0.2, 0) is 20.8 Å². The highest BCUT2D eigenvalue weighted by atomic mass is 16.2. The second kappa shape index (κ2) is 7.94. The Bertz CT molecular complexity index is 1030. The monoisotopic (exact) mass is 405 g/mol. The number of hydrogen-bond acceptors (Lipinski definition) is 3. The largest absolute Gasteiger partial charge is 0.326 e. The molecule has 2 aliphatic rings. The Hall–Kier alpha value is -3.15. The van der Waals surface area contributed by atoms with Crippen LogP contribution < -0.4 is 15.1 Å². The van der Waals surface area contributed by atoms with Crippen LogP contribution in [0.15, 0.2) is 36.4 Å². The Balaban J connectivity index is 1.47. The van der Waals surface area contributed by atoms with Gasteiger partial charge in [-0.3, -0.25) is 14.4 Å². The normalized spacial score (nSPS) is 18.0. The third-order valence-corrected chi connectivity index (χ3v) is 6.01. The van der Waals surface area contributed by atoms with Crippen molar-refractivity contribution < 1.29 is 14.4 Å². The smallest absolute Gasteiger partial charge is 0.229 e. The average Bonchev–Trinajstić information content (AvgIpc) is 3.32. The maximum absolute atomic E-state index is 12.8. The first-order chi connectivity index (χ1) is 14.4. The average molecular weight is 405 g/mol. The number of aryl methyl sites for hydroxylation is 2. The molecule has 4 rings (SSSR count). The summed E-state index contributed by atoms with van der Waals surface area (Å²) in [5, 5.41) is 2.98. The molecule has 0 aromatic heterocycles. The van der Waals surface area contributed by atoms with E-state index in [-0.39, 0.29) is 30.1 Å². The van der Waals surface area contributed by atoms with Crippen molar-refractivity contribution in [1.29, 1.82) is 0 Å². The van der Waals surface area contributed by atoms with E-state index in [1.165, 1.54) is 0 Å². The fraction of sp³-hybridized carbons (Fsp3) is 0.375. The van der Waals surface area contributed by atoms with Crippen molar-refractivity contribution in [2.24, 2.45) is 5.92 Å². The fourth-order valence-electron chi connectivity index (χ4n) is 4.33. The van der Waals surface area contributed by atoms with Crippen LogP contribution >= 0.6 is 0 Å². The Kier molecular flexibility index (Phi) is 5.33. The van der Waals surface area contributed by atoms with Crippen LogP contribution in [0.1, 0.15) is 36.5 Å². The summed E-state index contributed by atoms with van der Waals surface area (Å²) >= 11 is 0. The van der Waals surface area contributed by atoms with Gasteiger partial charge < -0.3 is 15.1 Å². The maximum Gasteiger partial charge on any atom is 0.229 e. The number of hydrogen-bond donors (Lipinski definition) is 1. The van der Waals surface area contributed by atoms with Gasteiger partial charge in [-0.2, -0.15) is 0 Å². The Morgan fingerprint density at radius 2 is 1.93 bits per heavy atom. The molecule has 2 aliphatic heterocycles. The number of fused-ring (bicyclic) bond motifs is 1. The summed E-state index contributed by atoms with van der Waals surface area (Å²) in [7, 11) is 0. The van der Waals surface area contributed by atoms with Gasteiger partial charge >= 0.3 is 0 Å². The molecule has 0 bridgehead atoms. The predicted molar refractivity (Wildman–Crippen MR) is 118 cm³/mol. The van der Waals surface area contributed by atoms with Crippen LogP contribution in [0.2, 0.25) is 0 Å². The highest BCUT2D eigenvalue weighted by Crippen LogP contribution is 2.34. The van der Waals surface area contributed by atoms with E-state index in [9.17, 15) is 14.4 Å². The lowest BCUT2D eigenvalue weighted by Gasteiger charge is -2.20. The van der Waals surface area contributed by atoms with E-state index < -0.39 is 0 Å². The summed E-state index contributed by atoms with van der Waals surface area (Å²) in [4.78, 5) is 41.0. The first kappa shape index (κ1) is 20.1. The molecule has 2 heterocycles. The zero-order chi connectivity index (χ0) is 21.4. The van der Waals surface area contributed by atoms with E-state index in [1.54, 1.807) is 4.90 Å². The summed E-state index contributed by atoms with van der Waals surface area (Å²) in [6.45, 7) is 6.89. The molecule has 0 spiro atoms. The van der Waals surface area contributed by atoms with Gasteiger partial charge in [0.05, 0.1) is 5.92 Å². The Morgan fingerprint density at radius 1 is 1.13 bits per heavy atom. The second-order valence-electron chi connectivity index (χ2n) is 8.17. The number of anilines is 3. The molecular weight excluding hydrogens is 378 g/mol. The van der Waals surface area contributed by atoms with Crippen LogP contribution in [0, 0.1) is 19.8 Å². The van der Waals surface area contributed by atoms with E-state index >= 15 is 0 Å². The number of carbonyl (C=O) groups is 3. The van der Waals surface area contributed by atoms with Crippen molar-refractivity contribution in [3.05, 3.63) is 53.1 Å². The SMILES string of the molecule is CCC(=O)N1CCc2cc(N3CC(C(=O)Nc4ccc(C)cc4C)CC3=O)ccc21. The number of amides is 3. The molecule has 2 aromatic carbocycles. The van der Waals surface area contributed by atoms with Gasteiger partial charge in [-0.15, -0.1) is 0 Å². The van der Waals surface area contributed by atoms with Gasteiger partial charge in [0.25, 0.3) is 0 Å². The van der Waals surface area contributed by atoms with Gasteiger partial charge in [-0.05, 0) is 55.7 Å². The summed E-state index contributed by atoms with van der Waals surface area (Å²) in [6.07, 6.45) is 1.46. The minimum atomic E-state index is -0.385. The zero-order valence-corrected chi connectivity index (χ0v) is 17.7. The molecule has 30 heavy (non-hydrogen) atoms. The summed E-state index contributed by atoms with van der Waals surface area (Å²) < 4.78 is 0. The molecule has 0 aliphatic carbocycles. The van der Waals surface area contributed by atoms with Crippen LogP contribution in [0.4, 0.5) is 17.1 Å². The minimum Gasteiger partial charge on any atom is -0.326 e. The van der Waals surface area contributed by atoms with Crippen LogP contribution in [0.25, 0.3) is 0 Å². The van der Waals surface area contributed by atoms with Gasteiger partial charge in [0.2, 0.25) is 17.7 Å². The van der Waals surface area contributed by atoms with Crippen LogP contribution in [0.5, 0.6) is 0 Å². The van der Waals surface area contributed by atoms with Crippen molar-refractivity contribution in [2.45, 2.75) is 40.0 Å². The molecule has 1 atom stereocenters. The lowest BCUT2D eigenvalue weighted by atomic mass is 10.1. The molecule has 0 radical (unpaired) electrons. The third kappa shape index (κ3) is 3.70. The molecule has 3 amide bonds. The van der Waals surface area contributed by atoms with Crippen molar-refractivity contribution >= 4 is 34.8 Å². The van der Waals surface area contributed by atoms with Crippen LogP contribution in [0.3, 0.4) is 0 Å². The zero-order valence-electron chi connectivity index (χ0n) is 17.7. The summed E-state index contributed by atoms with van der Waals surface area (Å²) in [5.74, 6) is -0.444. The van der Waals surface area contributed by atoms with Crippen molar-refractivity contribution in [2.75, 3.05) is 28.2 Å². The quantitative estimate of drug-likeness (QED) is 0.845. The molecule has 1 fully saturated rings. The molecule has 1 unspecified atom stereocenters. The van der Waals surface area contributed by atoms with Crippen LogP contribution in [-0.4, -0.2) is 30.8 Å². The van der Waals surface area contributed by atoms with Crippen molar-refractivity contribution in [3.63, 3.8) is 0 Å². The van der Waals surface area contributed by atoms with E-state index in [1.807, 2.05) is 62.1 Å². The molecule has 2 aromatic rings. The van der Waals surface area contributed by atoms with Crippen molar-refractivity contribution in [3.8, 4) is 0 Å². The molecule has 1 saturated heterocycles. The van der Waals surface area contributed by atoms with Gasteiger partial charge in [0.15, 0.2) is 0 Å². The first-order valence-electron chi connectivity index (χ1n) is 10.5. The van der Waals surface area contributed by atoms with Crippen molar-refractivity contribution in [1.82, 2.24) is 0 Å². The molecule has 156 valence electrons. The predicted octanol–water partition coefficient (Wildman–Crippen LogP) is 3.59. The Morgan fingerprint density at radius 3 is 2.67 bits per heavy atom. The fourth-order valence-corrected chi connectivity index (χ4v) is 4.33. The minimum absolute atomic E-state index is 0.0461. The van der Waals surface area contributed by atoms with E-state index in [2.05, 4.69) is 5.32 Å². The Labute approximate surface area is 176 Å². The third-order valence-electron chi connectivity index (χ3n) is 6.01. The molecule has 0 saturated carbocycles. The molecule has 6 nitrogen and oxygen atoms in total. The number of nitrogens with zero attached hydrogens (tertiary/aromatic N) is 2. The lowest BCUT2D eigenvalue weighted by molar-refractivity contribution is -0.122. The second-order valence-corrected chi connectivity index (χ2v) is 8.17. The molecule has 6 heteroatoms. The van der Waals surface area contributed by atoms with Gasteiger partial charge in [-0.25, -0.2) is 0 Å². The van der Waals surface area contributed by atoms with Gasteiger partial charge in [0, 0.05) is 43.0 Å². The molecular formula is C24H27N3O3. The lowest BCUT2D eigenvalue weighted by Crippen LogP contribution is -2.28. The van der Waals surface area contributed by atoms with Gasteiger partial charge in [0.1, 0.15) is 0 Å². The van der Waals surface area contributed by atoms with E-state index in [4.69, 9.17) is 0 Å². The standard InChI is InChI=1S/C24H27N3O3/c1-4-22(28)26-10-9-17-12-19(6-8-21(17)26)27-14-18(13-23(27)29)24(30)25-20-7-5-15(2)11-16(20)3/h5-8,11-12,18H,4,9-10,13-14H2,1-3H3,(H,25,30). The maximum atomic E-state index is 12.8. The number of carbonyl (C=O) groups excluding carboxylic acids is 3. The van der Waals surface area contributed by atoms with E-state index in [0.717, 1.165) is 40.2 Å². The summed E-state index contributed by atoms with van der Waals surface area (Å²) in [5.41, 5.74) is 5.74. The summed E-state index contributed by atoms with van der Waals surface area (Å²) in [6, 6.07) is 11.7. The highest BCUT2D eigenvalue weighted by molar-refractivity contribution is 6.04. The first-order valence-corrected chi connectivity index (χ1v) is 10.5. The number of rotatable bonds is 4. The number of benzene rings is 2.